The fourth-order valence-corrected chi connectivity index (χ4v) is 5.41. The average Bonchev–Trinajstić information content (AvgIpc) is 3.50. The minimum Gasteiger partial charge on any atom is -0.488 e. The van der Waals surface area contributed by atoms with Gasteiger partial charge in [0.2, 0.25) is 0 Å². The number of rotatable bonds is 14. The van der Waals surface area contributed by atoms with Gasteiger partial charge in [-0.2, -0.15) is 0 Å². The van der Waals surface area contributed by atoms with E-state index in [9.17, 15) is 9.59 Å². The molecule has 1 aromatic carbocycles. The molecule has 0 radical (unpaired) electrons. The van der Waals surface area contributed by atoms with Gasteiger partial charge >= 0.3 is 5.97 Å². The molecule has 188 valence electrons. The molecule has 3 rings (SSSR count). The van der Waals surface area contributed by atoms with Crippen LogP contribution in [0.15, 0.2) is 46.1 Å². The number of carbonyl (C=O) groups excluding carboxylic acids is 2. The second kappa shape index (κ2) is 14.1. The van der Waals surface area contributed by atoms with Crippen LogP contribution in [0.2, 0.25) is 0 Å². The minimum atomic E-state index is -0.326. The summed E-state index contributed by atoms with van der Waals surface area (Å²) in [7, 11) is 1.61. The highest BCUT2D eigenvalue weighted by Gasteiger charge is 2.15. The van der Waals surface area contributed by atoms with Crippen molar-refractivity contribution >= 4 is 51.4 Å². The van der Waals surface area contributed by atoms with Crippen LogP contribution in [0.1, 0.15) is 35.5 Å². The fraction of sp³-hybridized carbons (Fsp3) is 0.375. The van der Waals surface area contributed by atoms with Gasteiger partial charge in [0.1, 0.15) is 24.2 Å². The first-order valence-electron chi connectivity index (χ1n) is 11.0. The second-order valence-electron chi connectivity index (χ2n) is 7.29. The summed E-state index contributed by atoms with van der Waals surface area (Å²) in [5, 5.41) is 5.28. The van der Waals surface area contributed by atoms with Crippen molar-refractivity contribution in [3.8, 4) is 11.5 Å². The molecule has 0 unspecified atom stereocenters. The number of hydrogen-bond donors (Lipinski definition) is 1. The monoisotopic (exact) mass is 536 g/mol. The van der Waals surface area contributed by atoms with Gasteiger partial charge in [-0.15, -0.1) is 23.1 Å². The third-order valence-corrected chi connectivity index (χ3v) is 7.36. The molecule has 3 aromatic rings. The quantitative estimate of drug-likeness (QED) is 0.213. The summed E-state index contributed by atoms with van der Waals surface area (Å²) in [5.41, 5.74) is 0.389. The number of aromatic nitrogens is 1. The Balaban J connectivity index is 1.66. The van der Waals surface area contributed by atoms with Crippen molar-refractivity contribution in [1.29, 1.82) is 0 Å². The summed E-state index contributed by atoms with van der Waals surface area (Å²) >= 11 is 4.44. The smallest absolute Gasteiger partial charge is 0.306 e. The first-order valence-corrected chi connectivity index (χ1v) is 13.7. The molecule has 0 spiro atoms. The van der Waals surface area contributed by atoms with Gasteiger partial charge in [-0.25, -0.2) is 4.98 Å². The van der Waals surface area contributed by atoms with Crippen molar-refractivity contribution < 1.29 is 28.5 Å². The number of thiazole rings is 1. The molecule has 35 heavy (non-hydrogen) atoms. The molecule has 0 bridgehead atoms. The number of anilines is 1. The van der Waals surface area contributed by atoms with Gasteiger partial charge in [0.05, 0.1) is 30.0 Å². The predicted molar refractivity (Wildman–Crippen MR) is 139 cm³/mol. The highest BCUT2D eigenvalue weighted by atomic mass is 32.2. The average molecular weight is 537 g/mol. The molecule has 2 aromatic heterocycles. The molecule has 8 nitrogen and oxygen atoms in total. The Morgan fingerprint density at radius 1 is 1.23 bits per heavy atom. The summed E-state index contributed by atoms with van der Waals surface area (Å²) in [5.74, 6) is 1.07. The van der Waals surface area contributed by atoms with E-state index in [1.807, 2.05) is 24.4 Å². The molecule has 1 atom stereocenters. The Bertz CT molecular complexity index is 1090. The van der Waals surface area contributed by atoms with E-state index < -0.39 is 0 Å². The van der Waals surface area contributed by atoms with E-state index in [0.717, 1.165) is 9.09 Å². The zero-order valence-electron chi connectivity index (χ0n) is 19.8. The number of nitrogens with one attached hydrogen (secondary N) is 1. The van der Waals surface area contributed by atoms with Crippen molar-refractivity contribution in [1.82, 2.24) is 4.98 Å². The minimum absolute atomic E-state index is 0.198. The summed E-state index contributed by atoms with van der Waals surface area (Å²) in [4.78, 5) is 29.8. The van der Waals surface area contributed by atoms with Gasteiger partial charge in [-0.3, -0.25) is 14.9 Å². The third kappa shape index (κ3) is 9.17. The number of amides is 1. The van der Waals surface area contributed by atoms with E-state index in [0.29, 0.717) is 54.2 Å². The third-order valence-electron chi connectivity index (χ3n) is 4.40. The highest BCUT2D eigenvalue weighted by Crippen LogP contribution is 2.30. The number of hydrogen-bond acceptors (Lipinski definition) is 10. The number of nitrogens with zero attached hydrogens (tertiary/aromatic N) is 1. The first-order chi connectivity index (χ1) is 17.0. The Morgan fingerprint density at radius 3 is 2.80 bits per heavy atom. The van der Waals surface area contributed by atoms with E-state index in [1.54, 1.807) is 49.8 Å². The molecular weight excluding hydrogens is 508 g/mol. The maximum atomic E-state index is 13.0. The molecule has 0 aliphatic heterocycles. The SMILES string of the molecule is CCOC(=O)CCSc1cnc(NC(=O)c2cc(OCc3cccs3)cc(O[C@@H](C)COC)c2)s1. The second-order valence-corrected chi connectivity index (χ2v) is 10.7. The standard InChI is InChI=1S/C24H28N2O6S3/c1-4-30-21(27)7-9-34-22-13-25-24(35-22)26-23(28)17-10-18(31-15-20-6-5-8-33-20)12-19(11-17)32-16(2)14-29-3/h5-6,8,10-13,16H,4,7,9,14-15H2,1-3H3,(H,25,26,28)/t16-/m0/s1. The Hall–Kier alpha value is -2.60. The van der Waals surface area contributed by atoms with Crippen LogP contribution in [0.4, 0.5) is 5.13 Å². The topological polar surface area (TPSA) is 96.0 Å². The van der Waals surface area contributed by atoms with Gasteiger partial charge in [-0.1, -0.05) is 17.4 Å². The molecule has 0 aliphatic carbocycles. The van der Waals surface area contributed by atoms with E-state index in [2.05, 4.69) is 10.3 Å². The fourth-order valence-electron chi connectivity index (χ4n) is 2.93. The molecule has 2 heterocycles. The van der Waals surface area contributed by atoms with E-state index in [4.69, 9.17) is 18.9 Å². The largest absolute Gasteiger partial charge is 0.488 e. The lowest BCUT2D eigenvalue weighted by Crippen LogP contribution is -2.18. The van der Waals surface area contributed by atoms with Crippen LogP contribution < -0.4 is 14.8 Å². The molecular formula is C24H28N2O6S3. The number of benzene rings is 1. The Kier molecular flexibility index (Phi) is 10.9. The van der Waals surface area contributed by atoms with Crippen LogP contribution in [0.25, 0.3) is 0 Å². The summed E-state index contributed by atoms with van der Waals surface area (Å²) in [6.07, 6.45) is 1.80. The molecule has 0 aliphatic rings. The van der Waals surface area contributed by atoms with Crippen LogP contribution in [0.5, 0.6) is 11.5 Å². The van der Waals surface area contributed by atoms with Gasteiger partial charge in [0.15, 0.2) is 5.13 Å². The first kappa shape index (κ1) is 27.0. The predicted octanol–water partition coefficient (Wildman–Crippen LogP) is 5.49. The van der Waals surface area contributed by atoms with E-state index in [-0.39, 0.29) is 18.0 Å². The maximum Gasteiger partial charge on any atom is 0.306 e. The van der Waals surface area contributed by atoms with Gasteiger partial charge in [0, 0.05) is 29.4 Å². The molecule has 0 saturated heterocycles. The zero-order valence-corrected chi connectivity index (χ0v) is 22.2. The molecule has 1 N–H and O–H groups in total. The van der Waals surface area contributed by atoms with Gasteiger partial charge in [-0.05, 0) is 37.4 Å². The lowest BCUT2D eigenvalue weighted by atomic mass is 10.2. The van der Waals surface area contributed by atoms with Crippen molar-refractivity contribution in [3.05, 3.63) is 52.3 Å². The van der Waals surface area contributed by atoms with Crippen LogP contribution >= 0.6 is 34.4 Å². The maximum absolute atomic E-state index is 13.0. The number of carbonyl (C=O) groups is 2. The van der Waals surface area contributed by atoms with Gasteiger partial charge in [0.25, 0.3) is 5.91 Å². The normalized spacial score (nSPS) is 11.6. The van der Waals surface area contributed by atoms with Crippen LogP contribution in [-0.4, -0.2) is 49.0 Å². The molecule has 0 fully saturated rings. The Labute approximate surface area is 217 Å². The lowest BCUT2D eigenvalue weighted by molar-refractivity contribution is -0.142. The zero-order chi connectivity index (χ0) is 25.0. The van der Waals surface area contributed by atoms with Crippen molar-refractivity contribution in [2.45, 2.75) is 37.2 Å². The van der Waals surface area contributed by atoms with E-state index >= 15 is 0 Å². The molecule has 0 saturated carbocycles. The summed E-state index contributed by atoms with van der Waals surface area (Å²) in [6, 6.07) is 9.06. The number of thiophene rings is 1. The van der Waals surface area contributed by atoms with Crippen LogP contribution in [0.3, 0.4) is 0 Å². The number of ether oxygens (including phenoxy) is 4. The van der Waals surface area contributed by atoms with Crippen LogP contribution in [-0.2, 0) is 20.9 Å². The number of esters is 1. The summed E-state index contributed by atoms with van der Waals surface area (Å²) < 4.78 is 22.8. The molecule has 11 heteroatoms. The molecule has 1 amide bonds. The van der Waals surface area contributed by atoms with Gasteiger partial charge < -0.3 is 18.9 Å². The number of thioether (sulfide) groups is 1. The highest BCUT2D eigenvalue weighted by molar-refractivity contribution is 8.01. The van der Waals surface area contributed by atoms with Crippen LogP contribution in [0, 0.1) is 0 Å². The van der Waals surface area contributed by atoms with Crippen molar-refractivity contribution in [2.75, 3.05) is 31.4 Å². The number of methoxy groups -OCH3 is 1. The van der Waals surface area contributed by atoms with Crippen molar-refractivity contribution in [2.24, 2.45) is 0 Å². The Morgan fingerprint density at radius 2 is 2.06 bits per heavy atom. The van der Waals surface area contributed by atoms with Crippen molar-refractivity contribution in [3.63, 3.8) is 0 Å². The lowest BCUT2D eigenvalue weighted by Gasteiger charge is -2.16. The summed E-state index contributed by atoms with van der Waals surface area (Å²) in [6.45, 7) is 4.86. The van der Waals surface area contributed by atoms with E-state index in [1.165, 1.54) is 23.1 Å².